The van der Waals surface area contributed by atoms with Crippen LogP contribution in [-0.4, -0.2) is 24.9 Å². The highest BCUT2D eigenvalue weighted by Gasteiger charge is 2.11. The first-order valence-electron chi connectivity index (χ1n) is 16.7. The predicted octanol–water partition coefficient (Wildman–Crippen LogP) is 11.1. The van der Waals surface area contributed by atoms with Gasteiger partial charge in [-0.3, -0.25) is 9.97 Å². The van der Waals surface area contributed by atoms with Crippen LogP contribution in [0.4, 0.5) is 0 Å². The van der Waals surface area contributed by atoms with Crippen LogP contribution in [0, 0.1) is 0 Å². The standard InChI is InChI=1S/C45H27N5/c1-6-33(27-34(7-1)41-18-13-30-12-11-29-9-4-24-47-44(29)45(30)50-41)38-21-16-35-25-31(14-19-39(35)48-38)32-15-20-40-36(26-32)17-22-42(49-40)37-10-2-5-28-8-3-23-46-43(28)37/h1-27H. The Hall–Kier alpha value is -6.85. The maximum absolute atomic E-state index is 5.07. The summed E-state index contributed by atoms with van der Waals surface area (Å²) in [4.78, 5) is 24.4. The number of pyridine rings is 5. The van der Waals surface area contributed by atoms with Gasteiger partial charge in [0, 0.05) is 56.0 Å². The Morgan fingerprint density at radius 3 is 1.54 bits per heavy atom. The summed E-state index contributed by atoms with van der Waals surface area (Å²) in [5.41, 5.74) is 12.9. The minimum atomic E-state index is 0.912. The molecule has 0 saturated heterocycles. The van der Waals surface area contributed by atoms with E-state index in [1.807, 2.05) is 24.5 Å². The molecule has 5 aromatic carbocycles. The summed E-state index contributed by atoms with van der Waals surface area (Å²) in [6.07, 6.45) is 3.66. The van der Waals surface area contributed by atoms with Gasteiger partial charge < -0.3 is 0 Å². The maximum atomic E-state index is 5.07. The number of nitrogens with zero attached hydrogens (tertiary/aromatic N) is 5. The van der Waals surface area contributed by atoms with Crippen molar-refractivity contribution in [1.82, 2.24) is 24.9 Å². The quantitative estimate of drug-likeness (QED) is 0.180. The van der Waals surface area contributed by atoms with Crippen molar-refractivity contribution in [3.8, 4) is 44.9 Å². The number of hydrogen-bond acceptors (Lipinski definition) is 5. The molecule has 5 aromatic heterocycles. The van der Waals surface area contributed by atoms with E-state index in [-0.39, 0.29) is 0 Å². The summed E-state index contributed by atoms with van der Waals surface area (Å²) >= 11 is 0. The fourth-order valence-corrected chi connectivity index (χ4v) is 6.95. The van der Waals surface area contributed by atoms with Crippen LogP contribution in [0.15, 0.2) is 164 Å². The molecule has 50 heavy (non-hydrogen) atoms. The highest BCUT2D eigenvalue weighted by molar-refractivity contribution is 6.03. The first-order valence-corrected chi connectivity index (χ1v) is 16.7. The van der Waals surface area contributed by atoms with Gasteiger partial charge in [-0.15, -0.1) is 0 Å². The Morgan fingerprint density at radius 2 is 0.820 bits per heavy atom. The number of benzene rings is 5. The number of aromatic nitrogens is 5. The lowest BCUT2D eigenvalue weighted by Gasteiger charge is -2.10. The summed E-state index contributed by atoms with van der Waals surface area (Å²) in [6, 6.07) is 52.6. The Kier molecular flexibility index (Phi) is 6.42. The van der Waals surface area contributed by atoms with Crippen LogP contribution < -0.4 is 0 Å². The van der Waals surface area contributed by atoms with E-state index in [2.05, 4.69) is 149 Å². The molecule has 0 amide bonds. The van der Waals surface area contributed by atoms with Gasteiger partial charge in [-0.25, -0.2) is 15.0 Å². The molecule has 5 heterocycles. The van der Waals surface area contributed by atoms with E-state index in [1.165, 1.54) is 0 Å². The van der Waals surface area contributed by atoms with Crippen LogP contribution in [0.2, 0.25) is 0 Å². The van der Waals surface area contributed by atoms with E-state index >= 15 is 0 Å². The molecule has 0 saturated carbocycles. The predicted molar refractivity (Wildman–Crippen MR) is 205 cm³/mol. The van der Waals surface area contributed by atoms with Crippen molar-refractivity contribution in [1.29, 1.82) is 0 Å². The average Bonchev–Trinajstić information content (AvgIpc) is 3.19. The largest absolute Gasteiger partial charge is 0.256 e. The third-order valence-electron chi connectivity index (χ3n) is 9.51. The fourth-order valence-electron chi connectivity index (χ4n) is 6.95. The van der Waals surface area contributed by atoms with Gasteiger partial charge in [0.15, 0.2) is 0 Å². The Labute approximate surface area is 287 Å². The molecule has 0 bridgehead atoms. The smallest absolute Gasteiger partial charge is 0.0972 e. The number of fused-ring (bicyclic) bond motifs is 6. The third-order valence-corrected chi connectivity index (χ3v) is 9.51. The Morgan fingerprint density at radius 1 is 0.300 bits per heavy atom. The molecule has 10 aromatic rings. The molecule has 232 valence electrons. The normalized spacial score (nSPS) is 11.6. The first-order chi connectivity index (χ1) is 24.7. The summed E-state index contributed by atoms with van der Waals surface area (Å²) in [6.45, 7) is 0. The lowest BCUT2D eigenvalue weighted by atomic mass is 9.99. The lowest BCUT2D eigenvalue weighted by molar-refractivity contribution is 1.36. The van der Waals surface area contributed by atoms with Gasteiger partial charge in [-0.1, -0.05) is 91.0 Å². The molecule has 5 heteroatoms. The number of hydrogen-bond donors (Lipinski definition) is 0. The molecular weight excluding hydrogens is 611 g/mol. The number of rotatable bonds is 4. The summed E-state index contributed by atoms with van der Waals surface area (Å²) in [5, 5.41) is 5.46. The molecular formula is C45H27N5. The van der Waals surface area contributed by atoms with Crippen LogP contribution in [0.3, 0.4) is 0 Å². The van der Waals surface area contributed by atoms with Crippen molar-refractivity contribution in [2.45, 2.75) is 0 Å². The zero-order valence-electron chi connectivity index (χ0n) is 26.8. The van der Waals surface area contributed by atoms with E-state index in [0.717, 1.165) is 99.4 Å². The van der Waals surface area contributed by atoms with E-state index in [1.54, 1.807) is 0 Å². The third kappa shape index (κ3) is 4.83. The highest BCUT2D eigenvalue weighted by atomic mass is 14.8. The van der Waals surface area contributed by atoms with Crippen molar-refractivity contribution in [3.05, 3.63) is 164 Å². The molecule has 0 N–H and O–H groups in total. The molecule has 5 nitrogen and oxygen atoms in total. The summed E-state index contributed by atoms with van der Waals surface area (Å²) < 4.78 is 0. The Balaban J connectivity index is 0.956. The molecule has 0 aliphatic carbocycles. The summed E-state index contributed by atoms with van der Waals surface area (Å²) in [5.74, 6) is 0. The Bertz CT molecular complexity index is 2950. The fraction of sp³-hybridized carbons (Fsp3) is 0. The molecule has 0 aliphatic rings. The first kappa shape index (κ1) is 28.2. The minimum Gasteiger partial charge on any atom is -0.256 e. The zero-order valence-corrected chi connectivity index (χ0v) is 26.8. The van der Waals surface area contributed by atoms with Gasteiger partial charge >= 0.3 is 0 Å². The molecule has 0 radical (unpaired) electrons. The maximum Gasteiger partial charge on any atom is 0.0972 e. The highest BCUT2D eigenvalue weighted by Crippen LogP contribution is 2.32. The van der Waals surface area contributed by atoms with E-state index < -0.39 is 0 Å². The average molecular weight is 638 g/mol. The van der Waals surface area contributed by atoms with Gasteiger partial charge in [0.2, 0.25) is 0 Å². The van der Waals surface area contributed by atoms with Crippen molar-refractivity contribution >= 4 is 54.5 Å². The van der Waals surface area contributed by atoms with Crippen LogP contribution in [0.5, 0.6) is 0 Å². The van der Waals surface area contributed by atoms with Gasteiger partial charge in [0.05, 0.1) is 44.7 Å². The number of para-hydroxylation sites is 1. The molecule has 0 aliphatic heterocycles. The minimum absolute atomic E-state index is 0.912. The molecule has 10 rings (SSSR count). The second-order valence-electron chi connectivity index (χ2n) is 12.6. The van der Waals surface area contributed by atoms with Crippen molar-refractivity contribution in [2.24, 2.45) is 0 Å². The van der Waals surface area contributed by atoms with Crippen molar-refractivity contribution in [3.63, 3.8) is 0 Å². The van der Waals surface area contributed by atoms with E-state index in [9.17, 15) is 0 Å². The van der Waals surface area contributed by atoms with Crippen molar-refractivity contribution < 1.29 is 0 Å². The van der Waals surface area contributed by atoms with Crippen molar-refractivity contribution in [2.75, 3.05) is 0 Å². The molecule has 0 fully saturated rings. The van der Waals surface area contributed by atoms with Gasteiger partial charge in [-0.05, 0) is 71.8 Å². The van der Waals surface area contributed by atoms with Crippen LogP contribution in [0.25, 0.3) is 99.4 Å². The second-order valence-corrected chi connectivity index (χ2v) is 12.6. The second kappa shape index (κ2) is 11.4. The van der Waals surface area contributed by atoms with Crippen LogP contribution in [-0.2, 0) is 0 Å². The molecule has 0 atom stereocenters. The molecule has 0 unspecified atom stereocenters. The van der Waals surface area contributed by atoms with Gasteiger partial charge in [0.1, 0.15) is 0 Å². The summed E-state index contributed by atoms with van der Waals surface area (Å²) in [7, 11) is 0. The van der Waals surface area contributed by atoms with Gasteiger partial charge in [-0.2, -0.15) is 0 Å². The molecule has 0 spiro atoms. The lowest BCUT2D eigenvalue weighted by Crippen LogP contribution is -1.90. The van der Waals surface area contributed by atoms with E-state index in [4.69, 9.17) is 15.0 Å². The van der Waals surface area contributed by atoms with E-state index in [0.29, 0.717) is 0 Å². The van der Waals surface area contributed by atoms with Crippen LogP contribution in [0.1, 0.15) is 0 Å². The van der Waals surface area contributed by atoms with Crippen LogP contribution >= 0.6 is 0 Å². The topological polar surface area (TPSA) is 64.5 Å². The van der Waals surface area contributed by atoms with Gasteiger partial charge in [0.25, 0.3) is 0 Å². The monoisotopic (exact) mass is 637 g/mol. The zero-order chi connectivity index (χ0) is 33.0. The SMILES string of the molecule is c1cc(-c2ccc3cc(-c4ccc5nc(-c6cccc7cccnc67)ccc5c4)ccc3n2)cc(-c2ccc3ccc4cccnc4c3n2)c1.